The summed E-state index contributed by atoms with van der Waals surface area (Å²) in [4.78, 5) is 0. The Morgan fingerprint density at radius 1 is 1.17 bits per heavy atom. The van der Waals surface area contributed by atoms with Gasteiger partial charge in [0.1, 0.15) is 0 Å². The predicted octanol–water partition coefficient (Wildman–Crippen LogP) is 2.88. The topological polar surface area (TPSA) is 29.9 Å². The molecular weight excluding hydrogens is 222 g/mol. The van der Waals surface area contributed by atoms with Gasteiger partial charge in [-0.1, -0.05) is 0 Å². The number of rotatable bonds is 5. The molecule has 2 aliphatic carbocycles. The van der Waals surface area contributed by atoms with Crippen LogP contribution in [-0.4, -0.2) is 15.8 Å². The minimum Gasteiger partial charge on any atom is -0.307 e. The minimum atomic E-state index is 0.435. The van der Waals surface area contributed by atoms with Crippen LogP contribution in [-0.2, 0) is 7.05 Å². The summed E-state index contributed by atoms with van der Waals surface area (Å²) in [5, 5.41) is 8.44. The molecule has 3 rings (SSSR count). The van der Waals surface area contributed by atoms with Crippen molar-refractivity contribution in [2.45, 2.75) is 58.5 Å². The first-order valence-electron chi connectivity index (χ1n) is 7.34. The third-order valence-corrected chi connectivity index (χ3v) is 4.70. The summed E-state index contributed by atoms with van der Waals surface area (Å²) in [5.41, 5.74) is 3.89. The highest BCUT2D eigenvalue weighted by atomic mass is 15.3. The maximum absolute atomic E-state index is 4.54. The highest BCUT2D eigenvalue weighted by Gasteiger charge is 2.42. The van der Waals surface area contributed by atoms with Crippen molar-refractivity contribution in [1.29, 1.82) is 0 Å². The van der Waals surface area contributed by atoms with E-state index in [1.807, 2.05) is 11.7 Å². The molecule has 1 unspecified atom stereocenters. The normalized spacial score (nSPS) is 21.6. The van der Waals surface area contributed by atoms with Crippen LogP contribution < -0.4 is 5.32 Å². The van der Waals surface area contributed by atoms with Crippen molar-refractivity contribution in [2.24, 2.45) is 18.9 Å². The fourth-order valence-corrected chi connectivity index (χ4v) is 3.36. The monoisotopic (exact) mass is 247 g/mol. The fraction of sp³-hybridized carbons (Fsp3) is 0.800. The summed E-state index contributed by atoms with van der Waals surface area (Å²) < 4.78 is 2.01. The summed E-state index contributed by atoms with van der Waals surface area (Å²) in [6, 6.07) is 1.20. The number of aryl methyl sites for hydroxylation is 2. The first-order valence-corrected chi connectivity index (χ1v) is 7.34. The lowest BCUT2D eigenvalue weighted by atomic mass is 10.0. The van der Waals surface area contributed by atoms with Crippen molar-refractivity contribution in [3.05, 3.63) is 17.0 Å². The van der Waals surface area contributed by atoms with Crippen molar-refractivity contribution in [2.75, 3.05) is 0 Å². The first kappa shape index (κ1) is 12.2. The molecule has 0 amide bonds. The molecule has 0 saturated heterocycles. The molecule has 2 fully saturated rings. The lowest BCUT2D eigenvalue weighted by Gasteiger charge is -2.23. The van der Waals surface area contributed by atoms with Gasteiger partial charge in [0.2, 0.25) is 0 Å². The summed E-state index contributed by atoms with van der Waals surface area (Å²) in [6.45, 7) is 6.61. The summed E-state index contributed by atoms with van der Waals surface area (Å²) in [6.07, 6.45) is 5.75. The Morgan fingerprint density at radius 3 is 2.11 bits per heavy atom. The molecule has 3 nitrogen and oxygen atoms in total. The Bertz CT molecular complexity index is 429. The maximum atomic E-state index is 4.54. The molecule has 0 spiro atoms. The van der Waals surface area contributed by atoms with E-state index in [2.05, 4.69) is 31.2 Å². The third kappa shape index (κ3) is 2.20. The van der Waals surface area contributed by atoms with Crippen molar-refractivity contribution in [3.63, 3.8) is 0 Å². The zero-order valence-electron chi connectivity index (χ0n) is 12.0. The number of nitrogens with one attached hydrogen (secondary N) is 1. The van der Waals surface area contributed by atoms with E-state index in [4.69, 9.17) is 0 Å². The Labute approximate surface area is 110 Å². The maximum Gasteiger partial charge on any atom is 0.0644 e. The molecule has 3 heteroatoms. The van der Waals surface area contributed by atoms with E-state index in [1.54, 1.807) is 0 Å². The van der Waals surface area contributed by atoms with Gasteiger partial charge in [0, 0.05) is 30.4 Å². The molecule has 1 aromatic rings. The van der Waals surface area contributed by atoms with Crippen molar-refractivity contribution in [3.8, 4) is 0 Å². The summed E-state index contributed by atoms with van der Waals surface area (Å²) >= 11 is 0. The van der Waals surface area contributed by atoms with Gasteiger partial charge < -0.3 is 5.32 Å². The Kier molecular flexibility index (Phi) is 2.97. The Hall–Kier alpha value is -0.830. The van der Waals surface area contributed by atoms with Crippen LogP contribution in [0, 0.1) is 25.7 Å². The van der Waals surface area contributed by atoms with E-state index < -0.39 is 0 Å². The van der Waals surface area contributed by atoms with Gasteiger partial charge in [0.15, 0.2) is 0 Å². The molecule has 100 valence electrons. The average Bonchev–Trinajstić information content (AvgIpc) is 3.18. The van der Waals surface area contributed by atoms with Crippen LogP contribution in [0.3, 0.4) is 0 Å². The molecular formula is C15H25N3. The van der Waals surface area contributed by atoms with Gasteiger partial charge in [0.05, 0.1) is 5.69 Å². The van der Waals surface area contributed by atoms with Crippen LogP contribution in [0.25, 0.3) is 0 Å². The molecule has 0 aromatic carbocycles. The fourth-order valence-electron chi connectivity index (χ4n) is 3.36. The van der Waals surface area contributed by atoms with E-state index in [-0.39, 0.29) is 0 Å². The molecule has 1 atom stereocenters. The third-order valence-electron chi connectivity index (χ3n) is 4.70. The number of hydrogen-bond acceptors (Lipinski definition) is 2. The molecule has 0 aliphatic heterocycles. The quantitative estimate of drug-likeness (QED) is 0.867. The van der Waals surface area contributed by atoms with Gasteiger partial charge in [-0.05, 0) is 58.3 Å². The van der Waals surface area contributed by atoms with Crippen LogP contribution in [0.15, 0.2) is 0 Å². The molecule has 2 aliphatic rings. The SMILES string of the molecule is Cc1nn(C)c(C)c1C(C)NC(C1CC1)C1CC1. The second-order valence-corrected chi connectivity index (χ2v) is 6.30. The second kappa shape index (κ2) is 4.37. The van der Waals surface area contributed by atoms with Crippen LogP contribution in [0.4, 0.5) is 0 Å². The molecule has 0 radical (unpaired) electrons. The van der Waals surface area contributed by atoms with Gasteiger partial charge in [0.25, 0.3) is 0 Å². The standard InChI is InChI=1S/C15H25N3/c1-9(14-10(2)17-18(4)11(14)3)16-15(12-5-6-12)13-7-8-13/h9,12-13,15-16H,5-8H2,1-4H3. The number of aromatic nitrogens is 2. The van der Waals surface area contributed by atoms with E-state index >= 15 is 0 Å². The number of hydrogen-bond donors (Lipinski definition) is 1. The van der Waals surface area contributed by atoms with Crippen molar-refractivity contribution >= 4 is 0 Å². The van der Waals surface area contributed by atoms with Crippen molar-refractivity contribution in [1.82, 2.24) is 15.1 Å². The lowest BCUT2D eigenvalue weighted by Crippen LogP contribution is -2.35. The van der Waals surface area contributed by atoms with Gasteiger partial charge in [-0.25, -0.2) is 0 Å². The van der Waals surface area contributed by atoms with E-state index in [0.717, 1.165) is 17.9 Å². The minimum absolute atomic E-state index is 0.435. The largest absolute Gasteiger partial charge is 0.307 e. The smallest absolute Gasteiger partial charge is 0.0644 e. The Balaban J connectivity index is 1.74. The second-order valence-electron chi connectivity index (χ2n) is 6.30. The highest BCUT2D eigenvalue weighted by molar-refractivity contribution is 5.28. The van der Waals surface area contributed by atoms with E-state index in [1.165, 1.54) is 42.6 Å². The molecule has 18 heavy (non-hydrogen) atoms. The van der Waals surface area contributed by atoms with Gasteiger partial charge in [-0.2, -0.15) is 5.10 Å². The van der Waals surface area contributed by atoms with Gasteiger partial charge in [-0.3, -0.25) is 4.68 Å². The highest BCUT2D eigenvalue weighted by Crippen LogP contribution is 2.45. The predicted molar refractivity (Wildman–Crippen MR) is 73.5 cm³/mol. The van der Waals surface area contributed by atoms with Crippen LogP contribution in [0.1, 0.15) is 55.6 Å². The van der Waals surface area contributed by atoms with E-state index in [9.17, 15) is 0 Å². The average molecular weight is 247 g/mol. The van der Waals surface area contributed by atoms with Gasteiger partial charge >= 0.3 is 0 Å². The molecule has 1 N–H and O–H groups in total. The van der Waals surface area contributed by atoms with E-state index in [0.29, 0.717) is 6.04 Å². The van der Waals surface area contributed by atoms with Crippen LogP contribution >= 0.6 is 0 Å². The molecule has 2 saturated carbocycles. The van der Waals surface area contributed by atoms with Crippen LogP contribution in [0.2, 0.25) is 0 Å². The number of nitrogens with zero attached hydrogens (tertiary/aromatic N) is 2. The zero-order chi connectivity index (χ0) is 12.9. The zero-order valence-corrected chi connectivity index (χ0v) is 12.0. The van der Waals surface area contributed by atoms with Crippen molar-refractivity contribution < 1.29 is 0 Å². The summed E-state index contributed by atoms with van der Waals surface area (Å²) in [7, 11) is 2.04. The molecule has 0 bridgehead atoms. The first-order chi connectivity index (χ1) is 8.58. The molecule has 1 aromatic heterocycles. The Morgan fingerprint density at radius 2 is 1.72 bits per heavy atom. The van der Waals surface area contributed by atoms with Crippen LogP contribution in [0.5, 0.6) is 0 Å². The molecule has 1 heterocycles. The van der Waals surface area contributed by atoms with Gasteiger partial charge in [-0.15, -0.1) is 0 Å². The summed E-state index contributed by atoms with van der Waals surface area (Å²) in [5.74, 6) is 1.91. The lowest BCUT2D eigenvalue weighted by molar-refractivity contribution is 0.376.